The highest BCUT2D eigenvalue weighted by Gasteiger charge is 2.42. The predicted molar refractivity (Wildman–Crippen MR) is 231 cm³/mol. The van der Waals surface area contributed by atoms with Crippen molar-refractivity contribution >= 4 is 55.4 Å². The van der Waals surface area contributed by atoms with Gasteiger partial charge in [-0.1, -0.05) is 39.8 Å². The quantitative estimate of drug-likeness (QED) is 0.195. The lowest BCUT2D eigenvalue weighted by Crippen LogP contribution is -2.47. The number of ether oxygens (including phenoxy) is 1. The van der Waals surface area contributed by atoms with Crippen molar-refractivity contribution in [3.05, 3.63) is 105 Å². The smallest absolute Gasteiger partial charge is 0.410 e. The maximum atomic E-state index is 12.7. The molecule has 0 aromatic heterocycles. The average Bonchev–Trinajstić information content (AvgIpc) is 3.76. The van der Waals surface area contributed by atoms with Gasteiger partial charge in [-0.25, -0.2) is 35.8 Å². The SMILES string of the molecule is CCOC(=O)N1CC[N+](=C2/C(=C/C=C3\N(CCCS(=O)(=O)[O-])c4ccc(C(=O)O)cc4C3(C)C)CC/C2=C\C=C2/N(CCCS(=O)(=O)[O-])c3ccc(C(=O)O)cc3C2(C)C)CC1. The summed E-state index contributed by atoms with van der Waals surface area (Å²) in [6.45, 7) is 12.1. The van der Waals surface area contributed by atoms with Gasteiger partial charge in [-0.15, -0.1) is 0 Å². The molecule has 1 aliphatic carbocycles. The number of carbonyl (C=O) groups is 3. The second-order valence-electron chi connectivity index (χ2n) is 16.9. The topological polar surface area (TPSA) is 228 Å². The van der Waals surface area contributed by atoms with Crippen molar-refractivity contribution in [2.24, 2.45) is 0 Å². The van der Waals surface area contributed by atoms with E-state index in [9.17, 15) is 50.5 Å². The largest absolute Gasteiger partial charge is 0.748 e. The second kappa shape index (κ2) is 17.8. The van der Waals surface area contributed by atoms with Crippen molar-refractivity contribution < 1.29 is 59.9 Å². The van der Waals surface area contributed by atoms with E-state index in [2.05, 4.69) is 4.58 Å². The van der Waals surface area contributed by atoms with E-state index in [0.717, 1.165) is 50.8 Å². The number of carbonyl (C=O) groups excluding carboxylic acids is 1. The minimum absolute atomic E-state index is 0.0567. The fourth-order valence-corrected chi connectivity index (χ4v) is 9.99. The first-order chi connectivity index (χ1) is 29.0. The molecule has 1 amide bonds. The van der Waals surface area contributed by atoms with Crippen LogP contribution in [0.1, 0.15) is 92.1 Å². The molecule has 0 spiro atoms. The maximum Gasteiger partial charge on any atom is 0.410 e. The molecule has 3 aliphatic heterocycles. The number of rotatable bonds is 13. The number of hydrogen-bond donors (Lipinski definition) is 2. The van der Waals surface area contributed by atoms with Crippen LogP contribution in [0.3, 0.4) is 0 Å². The van der Waals surface area contributed by atoms with E-state index >= 15 is 0 Å². The zero-order valence-corrected chi connectivity index (χ0v) is 37.2. The summed E-state index contributed by atoms with van der Waals surface area (Å²) in [6, 6.07) is 9.67. The van der Waals surface area contributed by atoms with E-state index in [1.165, 1.54) is 12.1 Å². The number of carboxylic acid groups (broad SMARTS) is 2. The van der Waals surface area contributed by atoms with Crippen LogP contribution in [-0.2, 0) is 35.8 Å². The van der Waals surface area contributed by atoms with Gasteiger partial charge >= 0.3 is 18.0 Å². The van der Waals surface area contributed by atoms with Crippen LogP contribution in [0.5, 0.6) is 0 Å². The first-order valence-corrected chi connectivity index (χ1v) is 23.7. The van der Waals surface area contributed by atoms with Crippen molar-refractivity contribution in [1.82, 2.24) is 4.90 Å². The number of piperazine rings is 1. The number of carboxylic acids is 2. The van der Waals surface area contributed by atoms with Crippen LogP contribution < -0.4 is 9.80 Å². The number of aromatic carboxylic acids is 2. The normalized spacial score (nSPS) is 21.0. The summed E-state index contributed by atoms with van der Waals surface area (Å²) < 4.78 is 77.0. The first-order valence-electron chi connectivity index (χ1n) is 20.6. The lowest BCUT2D eigenvalue weighted by atomic mass is 9.83. The van der Waals surface area contributed by atoms with Gasteiger partial charge in [0.15, 0.2) is 13.1 Å². The minimum Gasteiger partial charge on any atom is -0.748 e. The van der Waals surface area contributed by atoms with E-state index in [-0.39, 0.29) is 49.8 Å². The summed E-state index contributed by atoms with van der Waals surface area (Å²) in [5, 5.41) is 19.6. The Bertz CT molecular complexity index is 2390. The standard InChI is InChI=1S/C44H54N4O12S2/c1-6-60-42(53)46-23-21-45(22-24-46)39-29(13-17-37-43(2,3)33-27-31(40(49)50)11-15-35(33)47(37)19-7-25-61(54,55)56)9-10-30(39)14-18-38-44(4,5)34-28-32(41(51)52)12-16-36(34)48(38)20-8-26-62(57,58)59/h11-18,27-28H,6-10,19-26H2,1-5H3,(H3-,49,50,51,52,54,55,56,57,58,59)/p-1. The van der Waals surface area contributed by atoms with Crippen LogP contribution >= 0.6 is 0 Å². The van der Waals surface area contributed by atoms with Gasteiger partial charge in [-0.2, -0.15) is 0 Å². The van der Waals surface area contributed by atoms with Crippen LogP contribution in [0.4, 0.5) is 16.2 Å². The summed E-state index contributed by atoms with van der Waals surface area (Å²) >= 11 is 0. The molecule has 2 fully saturated rings. The molecule has 62 heavy (non-hydrogen) atoms. The van der Waals surface area contributed by atoms with Gasteiger partial charge in [-0.05, 0) is 92.3 Å². The Morgan fingerprint density at radius 2 is 1.15 bits per heavy atom. The molecular weight excluding hydrogens is 841 g/mol. The highest BCUT2D eigenvalue weighted by Crippen LogP contribution is 2.50. The summed E-state index contributed by atoms with van der Waals surface area (Å²) in [5.41, 5.74) is 6.26. The van der Waals surface area contributed by atoms with Crippen molar-refractivity contribution in [2.45, 2.75) is 71.1 Å². The molecule has 0 atom stereocenters. The Morgan fingerprint density at radius 1 is 0.726 bits per heavy atom. The van der Waals surface area contributed by atoms with E-state index in [0.29, 0.717) is 39.0 Å². The first kappa shape index (κ1) is 46.2. The molecular formula is C44H53N4O12S2-. The highest BCUT2D eigenvalue weighted by atomic mass is 32.2. The van der Waals surface area contributed by atoms with Crippen molar-refractivity contribution in [3.8, 4) is 0 Å². The molecule has 0 radical (unpaired) electrons. The zero-order valence-electron chi connectivity index (χ0n) is 35.5. The number of fused-ring (bicyclic) bond motifs is 2. The zero-order chi connectivity index (χ0) is 45.4. The Balaban J connectivity index is 1.44. The van der Waals surface area contributed by atoms with Crippen molar-refractivity contribution in [3.63, 3.8) is 0 Å². The fourth-order valence-electron chi connectivity index (χ4n) is 9.03. The second-order valence-corrected chi connectivity index (χ2v) is 19.9. The van der Waals surface area contributed by atoms with E-state index in [1.54, 1.807) is 36.1 Å². The van der Waals surface area contributed by atoms with Crippen LogP contribution in [0.15, 0.2) is 83.2 Å². The molecule has 1 saturated heterocycles. The molecule has 16 nitrogen and oxygen atoms in total. The summed E-state index contributed by atoms with van der Waals surface area (Å²) in [5.74, 6) is -3.28. The van der Waals surface area contributed by atoms with Gasteiger partial charge in [0.1, 0.15) is 0 Å². The average molecular weight is 894 g/mol. The molecule has 0 bridgehead atoms. The lowest BCUT2D eigenvalue weighted by molar-refractivity contribution is -0.537. The Morgan fingerprint density at radius 3 is 1.52 bits per heavy atom. The van der Waals surface area contributed by atoms with Crippen molar-refractivity contribution in [1.29, 1.82) is 0 Å². The minimum atomic E-state index is -4.48. The fraction of sp³-hybridized carbons (Fsp3) is 0.455. The van der Waals surface area contributed by atoms with Gasteiger partial charge in [0.25, 0.3) is 0 Å². The van der Waals surface area contributed by atoms with Crippen LogP contribution in [-0.4, -0.2) is 127 Å². The van der Waals surface area contributed by atoms with E-state index in [1.807, 2.05) is 61.8 Å². The third-order valence-electron chi connectivity index (χ3n) is 12.1. The molecule has 2 aromatic carbocycles. The van der Waals surface area contributed by atoms with Crippen LogP contribution in [0, 0.1) is 0 Å². The summed E-state index contributed by atoms with van der Waals surface area (Å²) in [6.07, 6.45) is 8.99. The molecule has 2 aromatic rings. The molecule has 2 N–H and O–H groups in total. The molecule has 6 rings (SSSR count). The predicted octanol–water partition coefficient (Wildman–Crippen LogP) is 5.19. The monoisotopic (exact) mass is 893 g/mol. The van der Waals surface area contributed by atoms with Crippen LogP contribution in [0.25, 0.3) is 0 Å². The lowest BCUT2D eigenvalue weighted by Gasteiger charge is -2.27. The maximum absolute atomic E-state index is 12.7. The summed E-state index contributed by atoms with van der Waals surface area (Å²) in [7, 11) is -8.95. The molecule has 1 saturated carbocycles. The number of benzene rings is 2. The number of amides is 1. The van der Waals surface area contributed by atoms with Crippen LogP contribution in [0.2, 0.25) is 0 Å². The Kier molecular flexibility index (Phi) is 13.3. The number of anilines is 2. The highest BCUT2D eigenvalue weighted by molar-refractivity contribution is 7.85. The number of hydrogen-bond acceptors (Lipinski definition) is 12. The molecule has 3 heterocycles. The Hall–Kier alpha value is -5.30. The molecule has 18 heteroatoms. The van der Waals surface area contributed by atoms with E-state index in [4.69, 9.17) is 4.74 Å². The molecule has 4 aliphatic rings. The number of allylic oxidation sites excluding steroid dienone is 8. The van der Waals surface area contributed by atoms with Gasteiger partial charge in [-0.3, -0.25) is 4.90 Å². The van der Waals surface area contributed by atoms with Gasteiger partial charge in [0.05, 0.1) is 51.1 Å². The third-order valence-corrected chi connectivity index (χ3v) is 13.7. The molecule has 0 unspecified atom stereocenters. The number of nitrogens with zero attached hydrogens (tertiary/aromatic N) is 4. The summed E-state index contributed by atoms with van der Waals surface area (Å²) in [4.78, 5) is 42.2. The Labute approximate surface area is 362 Å². The van der Waals surface area contributed by atoms with Gasteiger partial charge in [0.2, 0.25) is 5.71 Å². The van der Waals surface area contributed by atoms with E-state index < -0.39 is 54.5 Å². The van der Waals surface area contributed by atoms with Gasteiger partial charge < -0.3 is 33.9 Å². The van der Waals surface area contributed by atoms with Gasteiger partial charge in [0, 0.05) is 69.3 Å². The molecule has 334 valence electrons. The van der Waals surface area contributed by atoms with Crippen molar-refractivity contribution in [2.75, 3.05) is 67.2 Å². The third kappa shape index (κ3) is 9.83.